The van der Waals surface area contributed by atoms with E-state index in [1.807, 2.05) is 18.2 Å². The lowest BCUT2D eigenvalue weighted by atomic mass is 9.95. The fraction of sp³-hybridized carbons (Fsp3) is 0.312. The maximum absolute atomic E-state index is 5.40. The van der Waals surface area contributed by atoms with Crippen molar-refractivity contribution < 1.29 is 4.42 Å². The molecule has 2 heterocycles. The predicted molar refractivity (Wildman–Crippen MR) is 82.9 cm³/mol. The van der Waals surface area contributed by atoms with E-state index in [0.29, 0.717) is 0 Å². The Balaban J connectivity index is 1.99. The number of benzene rings is 1. The lowest BCUT2D eigenvalue weighted by Crippen LogP contribution is -2.36. The fourth-order valence-corrected chi connectivity index (χ4v) is 3.38. The Morgan fingerprint density at radius 2 is 2.00 bits per heavy atom. The highest BCUT2D eigenvalue weighted by Crippen LogP contribution is 2.47. The molecule has 0 N–H and O–H groups in total. The van der Waals surface area contributed by atoms with Crippen LogP contribution < -0.4 is 4.90 Å². The molecule has 1 radical (unpaired) electrons. The first-order valence-electron chi connectivity index (χ1n) is 6.59. The summed E-state index contributed by atoms with van der Waals surface area (Å²) in [7, 11) is 0. The van der Waals surface area contributed by atoms with Gasteiger partial charge in [0, 0.05) is 5.69 Å². The van der Waals surface area contributed by atoms with Crippen molar-refractivity contribution in [1.29, 1.82) is 0 Å². The zero-order valence-electron chi connectivity index (χ0n) is 11.8. The molecular formula is C16H17N2OS. The minimum atomic E-state index is 0.120. The normalized spacial score (nSPS) is 19.2. The van der Waals surface area contributed by atoms with E-state index in [1.165, 1.54) is 6.39 Å². The van der Waals surface area contributed by atoms with Crippen LogP contribution in [0, 0.1) is 11.6 Å². The quantitative estimate of drug-likeness (QED) is 0.817. The summed E-state index contributed by atoms with van der Waals surface area (Å²) >= 11 is 1.78. The molecule has 0 saturated carbocycles. The van der Waals surface area contributed by atoms with E-state index in [0.717, 1.165) is 16.4 Å². The van der Waals surface area contributed by atoms with Crippen molar-refractivity contribution in [2.24, 2.45) is 5.41 Å². The summed E-state index contributed by atoms with van der Waals surface area (Å²) in [5.41, 5.74) is 1.27. The molecule has 20 heavy (non-hydrogen) atoms. The Labute approximate surface area is 123 Å². The molecule has 0 fully saturated rings. The molecule has 4 heteroatoms. The first kappa shape index (κ1) is 13.3. The van der Waals surface area contributed by atoms with Crippen molar-refractivity contribution in [3.63, 3.8) is 0 Å². The molecule has 1 aliphatic rings. The summed E-state index contributed by atoms with van der Waals surface area (Å²) in [6, 6.07) is 10.3. The van der Waals surface area contributed by atoms with Gasteiger partial charge in [0.1, 0.15) is 0 Å². The number of aromatic nitrogens is 1. The molecule has 1 atom stereocenters. The summed E-state index contributed by atoms with van der Waals surface area (Å²) in [5, 5.41) is 0.282. The standard InChI is InChI=1S/C16H17N2OS/c1-16(2,3)15-18(12-7-5-4-6-8-12)10-14(20-15)13-9-17-11-19-13/h4-9,11,15H,1-3H3. The molecule has 1 unspecified atom stereocenters. The van der Waals surface area contributed by atoms with Crippen molar-refractivity contribution in [2.75, 3.05) is 4.90 Å². The van der Waals surface area contributed by atoms with Crippen LogP contribution in [-0.4, -0.2) is 10.4 Å². The molecule has 1 aliphatic heterocycles. The minimum absolute atomic E-state index is 0.120. The van der Waals surface area contributed by atoms with Crippen LogP contribution in [-0.2, 0) is 0 Å². The van der Waals surface area contributed by atoms with Crippen LogP contribution in [0.15, 0.2) is 47.3 Å². The predicted octanol–water partition coefficient (Wildman–Crippen LogP) is 4.40. The van der Waals surface area contributed by atoms with Gasteiger partial charge in [0.15, 0.2) is 12.2 Å². The molecule has 3 nitrogen and oxygen atoms in total. The van der Waals surface area contributed by atoms with Crippen LogP contribution in [0.1, 0.15) is 26.5 Å². The molecule has 0 aliphatic carbocycles. The van der Waals surface area contributed by atoms with Crippen LogP contribution in [0.5, 0.6) is 0 Å². The Bertz CT molecular complexity index is 599. The first-order chi connectivity index (χ1) is 9.55. The zero-order chi connectivity index (χ0) is 14.2. The van der Waals surface area contributed by atoms with Gasteiger partial charge in [0.05, 0.1) is 22.7 Å². The maximum atomic E-state index is 5.40. The van der Waals surface area contributed by atoms with Gasteiger partial charge in [0.2, 0.25) is 0 Å². The SMILES string of the molecule is CC(C)(C)C1SC(c2cnco2)=[C]N1c1ccccc1. The molecule has 1 aromatic carbocycles. The largest absolute Gasteiger partial charge is 0.443 e. The highest BCUT2D eigenvalue weighted by molar-refractivity contribution is 8.09. The fourth-order valence-electron chi connectivity index (χ4n) is 2.15. The molecule has 0 amide bonds. The maximum Gasteiger partial charge on any atom is 0.181 e. The van der Waals surface area contributed by atoms with E-state index in [1.54, 1.807) is 18.0 Å². The molecule has 0 saturated heterocycles. The van der Waals surface area contributed by atoms with Gasteiger partial charge in [0.25, 0.3) is 0 Å². The molecule has 1 aromatic heterocycles. The topological polar surface area (TPSA) is 29.3 Å². The summed E-state index contributed by atoms with van der Waals surface area (Å²) in [4.78, 5) is 7.20. The third-order valence-corrected chi connectivity index (χ3v) is 4.79. The lowest BCUT2D eigenvalue weighted by molar-refractivity contribution is 0.397. The van der Waals surface area contributed by atoms with Crippen LogP contribution in [0.3, 0.4) is 0 Å². The Morgan fingerprint density at radius 3 is 2.60 bits per heavy atom. The second-order valence-corrected chi connectivity index (χ2v) is 6.94. The monoisotopic (exact) mass is 285 g/mol. The molecule has 3 rings (SSSR count). The first-order valence-corrected chi connectivity index (χ1v) is 7.47. The van der Waals surface area contributed by atoms with E-state index in [-0.39, 0.29) is 10.8 Å². The number of anilines is 1. The van der Waals surface area contributed by atoms with Gasteiger partial charge < -0.3 is 9.32 Å². The molecule has 0 bridgehead atoms. The van der Waals surface area contributed by atoms with E-state index in [4.69, 9.17) is 4.42 Å². The minimum Gasteiger partial charge on any atom is -0.443 e. The molecule has 103 valence electrons. The van der Waals surface area contributed by atoms with Gasteiger partial charge in [-0.15, -0.1) is 0 Å². The summed E-state index contributed by atoms with van der Waals surface area (Å²) in [6.07, 6.45) is 6.65. The number of rotatable bonds is 2. The molecule has 2 aromatic rings. The number of hydrogen-bond donors (Lipinski definition) is 0. The Kier molecular flexibility index (Phi) is 3.34. The van der Waals surface area contributed by atoms with Crippen molar-refractivity contribution in [2.45, 2.75) is 26.1 Å². The van der Waals surface area contributed by atoms with Gasteiger partial charge in [-0.05, 0) is 17.5 Å². The van der Waals surface area contributed by atoms with Gasteiger partial charge in [-0.1, -0.05) is 50.7 Å². The average Bonchev–Trinajstić information content (AvgIpc) is 3.08. The summed E-state index contributed by atoms with van der Waals surface area (Å²) in [6.45, 7) is 6.73. The van der Waals surface area contributed by atoms with Gasteiger partial charge in [-0.3, -0.25) is 0 Å². The van der Waals surface area contributed by atoms with Gasteiger partial charge in [-0.2, -0.15) is 0 Å². The number of nitrogens with zero attached hydrogens (tertiary/aromatic N) is 2. The zero-order valence-corrected chi connectivity index (χ0v) is 12.6. The number of oxazole rings is 1. The third-order valence-electron chi connectivity index (χ3n) is 3.12. The van der Waals surface area contributed by atoms with Crippen LogP contribution in [0.2, 0.25) is 0 Å². The van der Waals surface area contributed by atoms with Gasteiger partial charge >= 0.3 is 0 Å². The second kappa shape index (κ2) is 5.02. The Hall–Kier alpha value is -1.68. The summed E-state index contributed by atoms with van der Waals surface area (Å²) in [5.74, 6) is 0.780. The van der Waals surface area contributed by atoms with E-state index >= 15 is 0 Å². The van der Waals surface area contributed by atoms with Crippen molar-refractivity contribution in [3.8, 4) is 0 Å². The van der Waals surface area contributed by atoms with Crippen molar-refractivity contribution >= 4 is 22.4 Å². The molecule has 0 spiro atoms. The highest BCUT2D eigenvalue weighted by atomic mass is 32.2. The van der Waals surface area contributed by atoms with Crippen LogP contribution in [0.25, 0.3) is 4.91 Å². The Morgan fingerprint density at radius 1 is 1.25 bits per heavy atom. The molecular weight excluding hydrogens is 268 g/mol. The average molecular weight is 285 g/mol. The highest BCUT2D eigenvalue weighted by Gasteiger charge is 2.37. The third kappa shape index (κ3) is 2.48. The van der Waals surface area contributed by atoms with Crippen molar-refractivity contribution in [1.82, 2.24) is 4.98 Å². The second-order valence-electron chi connectivity index (χ2n) is 5.85. The van der Waals surface area contributed by atoms with Crippen molar-refractivity contribution in [3.05, 3.63) is 54.9 Å². The van der Waals surface area contributed by atoms with E-state index < -0.39 is 0 Å². The summed E-state index contributed by atoms with van der Waals surface area (Å²) < 4.78 is 5.40. The van der Waals surface area contributed by atoms with Crippen LogP contribution >= 0.6 is 11.8 Å². The van der Waals surface area contributed by atoms with Gasteiger partial charge in [-0.25, -0.2) is 4.98 Å². The van der Waals surface area contributed by atoms with E-state index in [2.05, 4.69) is 49.0 Å². The number of para-hydroxylation sites is 1. The number of thioether (sulfide) groups is 1. The van der Waals surface area contributed by atoms with E-state index in [9.17, 15) is 0 Å². The smallest absolute Gasteiger partial charge is 0.181 e. The van der Waals surface area contributed by atoms with Crippen LogP contribution in [0.4, 0.5) is 5.69 Å². The lowest BCUT2D eigenvalue weighted by Gasteiger charge is -2.34. The number of hydrogen-bond acceptors (Lipinski definition) is 4.